The quantitative estimate of drug-likeness (QED) is 0.480. The predicted molar refractivity (Wildman–Crippen MR) is 130 cm³/mol. The van der Waals surface area contributed by atoms with E-state index in [1.54, 1.807) is 12.1 Å². The van der Waals surface area contributed by atoms with Gasteiger partial charge in [-0.1, -0.05) is 25.1 Å². The number of aliphatic hydroxyl groups excluding tert-OH is 3. The number of allylic oxidation sites excluding steroid dienone is 1. The minimum atomic E-state index is -3.95. The first-order valence-corrected chi connectivity index (χ1v) is 13.1. The summed E-state index contributed by atoms with van der Waals surface area (Å²) in [6.07, 6.45) is 3.03. The number of rotatable bonds is 9. The Labute approximate surface area is 195 Å². The van der Waals surface area contributed by atoms with Gasteiger partial charge in [-0.2, -0.15) is 5.26 Å². The second-order valence-electron chi connectivity index (χ2n) is 8.59. The monoisotopic (exact) mass is 472 g/mol. The molecule has 1 heterocycles. The van der Waals surface area contributed by atoms with Gasteiger partial charge < -0.3 is 20.2 Å². The van der Waals surface area contributed by atoms with Crippen LogP contribution in [-0.2, 0) is 9.84 Å². The van der Waals surface area contributed by atoms with Gasteiger partial charge >= 0.3 is 0 Å². The number of hydrogen-bond donors (Lipinski definition) is 3. The molecule has 0 radical (unpaired) electrons. The molecule has 8 heteroatoms. The van der Waals surface area contributed by atoms with Gasteiger partial charge in [0.05, 0.1) is 18.5 Å². The van der Waals surface area contributed by atoms with E-state index in [9.17, 15) is 23.9 Å². The molecule has 3 N–H and O–H groups in total. The standard InChI is InChI=1S/C25H32N2O5S/c1-2-21-5-3-4-11-27(21)22-9-8-19-13-18(6-7-20(19)15-22)14-23(16-26)33(31,32)12-10-24(29)25(30)17-28/h6-9,13-15,21,24-25,28-30H,2-5,10-12,17H2,1H3/b23-14+. The molecular weight excluding hydrogens is 440 g/mol. The molecule has 0 bridgehead atoms. The summed E-state index contributed by atoms with van der Waals surface area (Å²) in [6, 6.07) is 14.1. The minimum Gasteiger partial charge on any atom is -0.394 e. The molecule has 0 saturated carbocycles. The van der Waals surface area contributed by atoms with Gasteiger partial charge in [-0.25, -0.2) is 8.42 Å². The van der Waals surface area contributed by atoms with Crippen molar-refractivity contribution in [2.45, 2.75) is 57.3 Å². The van der Waals surface area contributed by atoms with Gasteiger partial charge in [0.1, 0.15) is 17.1 Å². The van der Waals surface area contributed by atoms with Crippen LogP contribution in [0.5, 0.6) is 0 Å². The Bertz CT molecular complexity index is 1140. The normalized spacial score (nSPS) is 19.3. The summed E-state index contributed by atoms with van der Waals surface area (Å²) in [4.78, 5) is 2.07. The lowest BCUT2D eigenvalue weighted by molar-refractivity contribution is -0.0148. The highest BCUT2D eigenvalue weighted by Crippen LogP contribution is 2.30. The zero-order valence-corrected chi connectivity index (χ0v) is 19.7. The zero-order chi connectivity index (χ0) is 24.0. The second kappa shape index (κ2) is 11.1. The molecule has 2 aromatic rings. The lowest BCUT2D eigenvalue weighted by atomic mass is 9.98. The Morgan fingerprint density at radius 1 is 1.18 bits per heavy atom. The summed E-state index contributed by atoms with van der Waals surface area (Å²) in [5.41, 5.74) is 1.79. The summed E-state index contributed by atoms with van der Waals surface area (Å²) < 4.78 is 25.1. The smallest absolute Gasteiger partial charge is 0.188 e. The number of aliphatic hydroxyl groups is 3. The first kappa shape index (κ1) is 25.2. The number of nitriles is 1. The highest BCUT2D eigenvalue weighted by Gasteiger charge is 2.23. The SMILES string of the molecule is CCC1CCCCN1c1ccc2cc(/C=C(\C#N)S(=O)(=O)CCC(O)C(O)CO)ccc2c1. The Balaban J connectivity index is 1.82. The molecule has 0 amide bonds. The zero-order valence-electron chi connectivity index (χ0n) is 18.9. The van der Waals surface area contributed by atoms with Crippen LogP contribution < -0.4 is 4.90 Å². The third kappa shape index (κ3) is 6.12. The van der Waals surface area contributed by atoms with Crippen molar-refractivity contribution in [3.63, 3.8) is 0 Å². The Kier molecular flexibility index (Phi) is 8.49. The topological polar surface area (TPSA) is 122 Å². The van der Waals surface area contributed by atoms with Crippen LogP contribution >= 0.6 is 0 Å². The van der Waals surface area contributed by atoms with Gasteiger partial charge in [-0.3, -0.25) is 0 Å². The number of fused-ring (bicyclic) bond motifs is 1. The molecule has 1 aliphatic heterocycles. The maximum atomic E-state index is 12.6. The third-order valence-electron chi connectivity index (χ3n) is 6.33. The third-order valence-corrected chi connectivity index (χ3v) is 7.99. The molecule has 1 saturated heterocycles. The number of nitrogens with zero attached hydrogens (tertiary/aromatic N) is 2. The van der Waals surface area contributed by atoms with E-state index in [0.29, 0.717) is 11.6 Å². The van der Waals surface area contributed by atoms with Crippen molar-refractivity contribution in [1.29, 1.82) is 5.26 Å². The first-order chi connectivity index (χ1) is 15.8. The molecule has 2 aromatic carbocycles. The van der Waals surface area contributed by atoms with E-state index < -0.39 is 39.3 Å². The van der Waals surface area contributed by atoms with Gasteiger partial charge in [0.15, 0.2) is 9.84 Å². The number of hydrogen-bond acceptors (Lipinski definition) is 7. The van der Waals surface area contributed by atoms with E-state index in [1.807, 2.05) is 18.2 Å². The average Bonchev–Trinajstić information content (AvgIpc) is 2.84. The molecule has 1 aliphatic rings. The van der Waals surface area contributed by atoms with Crippen molar-refractivity contribution >= 4 is 32.4 Å². The van der Waals surface area contributed by atoms with Gasteiger partial charge in [-0.15, -0.1) is 0 Å². The van der Waals surface area contributed by atoms with Gasteiger partial charge in [-0.05, 0) is 72.7 Å². The van der Waals surface area contributed by atoms with E-state index in [2.05, 4.69) is 24.0 Å². The molecule has 0 aliphatic carbocycles. The molecule has 0 spiro atoms. The Hall–Kier alpha value is -2.44. The largest absolute Gasteiger partial charge is 0.394 e. The number of piperidine rings is 1. The second-order valence-corrected chi connectivity index (χ2v) is 10.7. The van der Waals surface area contributed by atoms with Crippen molar-refractivity contribution in [1.82, 2.24) is 0 Å². The van der Waals surface area contributed by atoms with Crippen molar-refractivity contribution in [3.8, 4) is 6.07 Å². The van der Waals surface area contributed by atoms with Gasteiger partial charge in [0.2, 0.25) is 0 Å². The molecule has 33 heavy (non-hydrogen) atoms. The van der Waals surface area contributed by atoms with Gasteiger partial charge in [0.25, 0.3) is 0 Å². The van der Waals surface area contributed by atoms with E-state index in [-0.39, 0.29) is 6.42 Å². The number of benzene rings is 2. The molecule has 3 unspecified atom stereocenters. The summed E-state index contributed by atoms with van der Waals surface area (Å²) in [7, 11) is -3.95. The highest BCUT2D eigenvalue weighted by molar-refractivity contribution is 7.95. The Morgan fingerprint density at radius 2 is 1.91 bits per heavy atom. The van der Waals surface area contributed by atoms with Crippen LogP contribution in [0.4, 0.5) is 5.69 Å². The predicted octanol–water partition coefficient (Wildman–Crippen LogP) is 2.99. The van der Waals surface area contributed by atoms with Crippen LogP contribution in [0.1, 0.15) is 44.6 Å². The molecular formula is C25H32N2O5S. The summed E-state index contributed by atoms with van der Waals surface area (Å²) in [5.74, 6) is -0.504. The lowest BCUT2D eigenvalue weighted by Crippen LogP contribution is -2.39. The van der Waals surface area contributed by atoms with Crippen LogP contribution in [0.25, 0.3) is 16.8 Å². The molecule has 3 rings (SSSR count). The summed E-state index contributed by atoms with van der Waals surface area (Å²) >= 11 is 0. The van der Waals surface area contributed by atoms with Crippen molar-refractivity contribution in [3.05, 3.63) is 46.9 Å². The molecule has 7 nitrogen and oxygen atoms in total. The maximum Gasteiger partial charge on any atom is 0.188 e. The van der Waals surface area contributed by atoms with Gasteiger partial charge in [0, 0.05) is 18.3 Å². The maximum absolute atomic E-state index is 12.6. The van der Waals surface area contributed by atoms with Crippen molar-refractivity contribution in [2.75, 3.05) is 23.8 Å². The average molecular weight is 473 g/mol. The van der Waals surface area contributed by atoms with Crippen LogP contribution in [0, 0.1) is 11.3 Å². The van der Waals surface area contributed by atoms with E-state index in [0.717, 1.165) is 23.7 Å². The number of anilines is 1. The molecule has 3 atom stereocenters. The molecule has 1 fully saturated rings. The highest BCUT2D eigenvalue weighted by atomic mass is 32.2. The van der Waals surface area contributed by atoms with Crippen LogP contribution in [0.15, 0.2) is 41.3 Å². The number of sulfone groups is 1. The fourth-order valence-electron chi connectivity index (χ4n) is 4.33. The van der Waals surface area contributed by atoms with Crippen LogP contribution in [0.3, 0.4) is 0 Å². The van der Waals surface area contributed by atoms with E-state index in [4.69, 9.17) is 5.11 Å². The fourth-order valence-corrected chi connectivity index (χ4v) is 5.55. The Morgan fingerprint density at radius 3 is 2.61 bits per heavy atom. The molecule has 178 valence electrons. The van der Waals surface area contributed by atoms with Crippen LogP contribution in [0.2, 0.25) is 0 Å². The summed E-state index contributed by atoms with van der Waals surface area (Å²) in [6.45, 7) is 2.61. The van der Waals surface area contributed by atoms with E-state index >= 15 is 0 Å². The van der Waals surface area contributed by atoms with E-state index in [1.165, 1.54) is 31.0 Å². The van der Waals surface area contributed by atoms with Crippen LogP contribution in [-0.4, -0.2) is 60.9 Å². The fraction of sp³-hybridized carbons (Fsp3) is 0.480. The lowest BCUT2D eigenvalue weighted by Gasteiger charge is -2.37. The first-order valence-electron chi connectivity index (χ1n) is 11.4. The molecule has 0 aromatic heterocycles. The minimum absolute atomic E-state index is 0.279. The summed E-state index contributed by atoms with van der Waals surface area (Å²) in [5, 5.41) is 39.4. The van der Waals surface area contributed by atoms with Crippen molar-refractivity contribution in [2.24, 2.45) is 0 Å². The van der Waals surface area contributed by atoms with Crippen molar-refractivity contribution < 1.29 is 23.7 Å².